The summed E-state index contributed by atoms with van der Waals surface area (Å²) in [4.78, 5) is 29.2. The van der Waals surface area contributed by atoms with E-state index in [4.69, 9.17) is 34.8 Å². The van der Waals surface area contributed by atoms with Crippen LogP contribution in [0.3, 0.4) is 0 Å². The van der Waals surface area contributed by atoms with Gasteiger partial charge in [0, 0.05) is 45.4 Å². The fourth-order valence-corrected chi connectivity index (χ4v) is 6.33. The van der Waals surface area contributed by atoms with Gasteiger partial charge in [-0.2, -0.15) is 0 Å². The molecule has 0 aromatic heterocycles. The lowest BCUT2D eigenvalue weighted by Gasteiger charge is -2.33. The highest BCUT2D eigenvalue weighted by Crippen LogP contribution is 2.28. The van der Waals surface area contributed by atoms with Crippen molar-refractivity contribution in [3.63, 3.8) is 0 Å². The van der Waals surface area contributed by atoms with Crippen LogP contribution in [0.2, 0.25) is 15.1 Å². The standard InChI is InChI=1S/C30H31Cl3N2O2S/c31-23-11-6-10-22(16-23)19-38-20-29(36)35(18-25-26(32)14-7-15-27(25)33)28(17-21-8-2-1-3-9-21)30(37)34-24-12-4-5-13-24/h1-3,6-11,14-16,24,28H,4-5,12-13,17-20H2,(H,34,37)/t28-/m0/s1. The number of nitrogens with zero attached hydrogens (tertiary/aromatic N) is 1. The summed E-state index contributed by atoms with van der Waals surface area (Å²) in [5.74, 6) is 0.550. The molecule has 38 heavy (non-hydrogen) atoms. The minimum atomic E-state index is -0.704. The first-order chi connectivity index (χ1) is 18.4. The van der Waals surface area contributed by atoms with Gasteiger partial charge in [0.2, 0.25) is 11.8 Å². The monoisotopic (exact) mass is 588 g/mol. The van der Waals surface area contributed by atoms with Crippen molar-refractivity contribution in [3.05, 3.63) is 105 Å². The number of halogens is 3. The van der Waals surface area contributed by atoms with Crippen molar-refractivity contribution in [1.29, 1.82) is 0 Å². The van der Waals surface area contributed by atoms with Gasteiger partial charge < -0.3 is 10.2 Å². The van der Waals surface area contributed by atoms with E-state index in [0.717, 1.165) is 36.8 Å². The van der Waals surface area contributed by atoms with E-state index in [1.165, 1.54) is 11.8 Å². The van der Waals surface area contributed by atoms with Crippen molar-refractivity contribution in [1.82, 2.24) is 10.2 Å². The van der Waals surface area contributed by atoms with Gasteiger partial charge in [0.1, 0.15) is 6.04 Å². The third kappa shape index (κ3) is 8.16. The average Bonchev–Trinajstić information content (AvgIpc) is 3.41. The Bertz CT molecular complexity index is 1210. The molecule has 4 nitrogen and oxygen atoms in total. The van der Waals surface area contributed by atoms with Gasteiger partial charge in [-0.1, -0.05) is 96.2 Å². The summed E-state index contributed by atoms with van der Waals surface area (Å²) >= 11 is 20.7. The van der Waals surface area contributed by atoms with Crippen molar-refractivity contribution >= 4 is 58.4 Å². The summed E-state index contributed by atoms with van der Waals surface area (Å²) in [5.41, 5.74) is 2.65. The Labute approximate surface area is 244 Å². The molecule has 8 heteroatoms. The molecule has 3 aromatic carbocycles. The van der Waals surface area contributed by atoms with Crippen LogP contribution in [-0.4, -0.2) is 34.6 Å². The molecule has 1 fully saturated rings. The van der Waals surface area contributed by atoms with Crippen LogP contribution in [0.5, 0.6) is 0 Å². The van der Waals surface area contributed by atoms with Gasteiger partial charge in [0.05, 0.1) is 5.75 Å². The lowest BCUT2D eigenvalue weighted by atomic mass is 10.0. The number of thioether (sulfide) groups is 1. The lowest BCUT2D eigenvalue weighted by molar-refractivity contribution is -0.139. The molecule has 1 aliphatic rings. The number of carbonyl (C=O) groups is 2. The minimum absolute atomic E-state index is 0.138. The van der Waals surface area contributed by atoms with Crippen LogP contribution in [0, 0.1) is 0 Å². The zero-order chi connectivity index (χ0) is 26.9. The molecule has 0 saturated heterocycles. The van der Waals surface area contributed by atoms with Crippen LogP contribution in [0.25, 0.3) is 0 Å². The topological polar surface area (TPSA) is 49.4 Å². The third-order valence-corrected chi connectivity index (χ3v) is 8.68. The van der Waals surface area contributed by atoms with E-state index in [1.54, 1.807) is 23.1 Å². The Morgan fingerprint density at radius 2 is 1.55 bits per heavy atom. The van der Waals surface area contributed by atoms with Crippen LogP contribution in [0.1, 0.15) is 42.4 Å². The summed E-state index contributed by atoms with van der Waals surface area (Å²) in [6.07, 6.45) is 4.53. The van der Waals surface area contributed by atoms with E-state index in [0.29, 0.717) is 32.8 Å². The Morgan fingerprint density at radius 3 is 2.24 bits per heavy atom. The molecule has 1 saturated carbocycles. The first kappa shape index (κ1) is 28.8. The molecular weight excluding hydrogens is 559 g/mol. The molecule has 1 atom stereocenters. The van der Waals surface area contributed by atoms with Crippen molar-refractivity contribution in [2.24, 2.45) is 0 Å². The van der Waals surface area contributed by atoms with Gasteiger partial charge in [-0.25, -0.2) is 0 Å². The lowest BCUT2D eigenvalue weighted by Crippen LogP contribution is -2.52. The molecule has 0 aliphatic heterocycles. The maximum atomic E-state index is 13.8. The zero-order valence-corrected chi connectivity index (χ0v) is 24.1. The zero-order valence-electron chi connectivity index (χ0n) is 21.0. The Hall–Kier alpha value is -2.18. The molecule has 1 N–H and O–H groups in total. The number of amides is 2. The summed E-state index contributed by atoms with van der Waals surface area (Å²) in [5, 5.41) is 4.82. The highest BCUT2D eigenvalue weighted by atomic mass is 35.5. The SMILES string of the molecule is O=C(NC1CCCC1)[C@H](Cc1ccccc1)N(Cc1c(Cl)cccc1Cl)C(=O)CSCc1cccc(Cl)c1. The molecular formula is C30H31Cl3N2O2S. The quantitative estimate of drug-likeness (QED) is 0.251. The number of rotatable bonds is 11. The summed E-state index contributed by atoms with van der Waals surface area (Å²) < 4.78 is 0. The summed E-state index contributed by atoms with van der Waals surface area (Å²) in [6, 6.07) is 22.1. The van der Waals surface area contributed by atoms with Gasteiger partial charge in [-0.05, 0) is 48.2 Å². The van der Waals surface area contributed by atoms with Crippen LogP contribution < -0.4 is 5.32 Å². The van der Waals surface area contributed by atoms with Crippen LogP contribution in [-0.2, 0) is 28.3 Å². The molecule has 3 aromatic rings. The van der Waals surface area contributed by atoms with Crippen LogP contribution in [0.15, 0.2) is 72.8 Å². The van der Waals surface area contributed by atoms with Crippen molar-refractivity contribution in [2.75, 3.05) is 5.75 Å². The van der Waals surface area contributed by atoms with E-state index in [-0.39, 0.29) is 30.2 Å². The first-order valence-corrected chi connectivity index (χ1v) is 15.1. The van der Waals surface area contributed by atoms with Crippen molar-refractivity contribution in [3.8, 4) is 0 Å². The molecule has 0 heterocycles. The fraction of sp³-hybridized carbons (Fsp3) is 0.333. The second kappa shape index (κ2) is 14.3. The molecule has 0 bridgehead atoms. The highest BCUT2D eigenvalue weighted by molar-refractivity contribution is 7.99. The summed E-state index contributed by atoms with van der Waals surface area (Å²) in [6.45, 7) is 0.144. The molecule has 1 aliphatic carbocycles. The number of nitrogens with one attached hydrogen (secondary N) is 1. The molecule has 4 rings (SSSR count). The smallest absolute Gasteiger partial charge is 0.243 e. The number of benzene rings is 3. The van der Waals surface area contributed by atoms with Gasteiger partial charge in [0.25, 0.3) is 0 Å². The van der Waals surface area contributed by atoms with Gasteiger partial charge in [0.15, 0.2) is 0 Å². The molecule has 0 unspecified atom stereocenters. The number of hydrogen-bond donors (Lipinski definition) is 1. The van der Waals surface area contributed by atoms with Gasteiger partial charge in [-0.15, -0.1) is 11.8 Å². The Morgan fingerprint density at radius 1 is 0.895 bits per heavy atom. The molecule has 2 amide bonds. The maximum absolute atomic E-state index is 13.8. The predicted octanol–water partition coefficient (Wildman–Crippen LogP) is 7.58. The van der Waals surface area contributed by atoms with Gasteiger partial charge in [-0.3, -0.25) is 9.59 Å². The van der Waals surface area contributed by atoms with E-state index in [9.17, 15) is 9.59 Å². The molecule has 0 radical (unpaired) electrons. The van der Waals surface area contributed by atoms with Crippen molar-refractivity contribution in [2.45, 2.75) is 56.5 Å². The molecule has 0 spiro atoms. The highest BCUT2D eigenvalue weighted by Gasteiger charge is 2.32. The van der Waals surface area contributed by atoms with Crippen LogP contribution in [0.4, 0.5) is 0 Å². The largest absolute Gasteiger partial charge is 0.352 e. The second-order valence-electron chi connectivity index (χ2n) is 9.54. The van der Waals surface area contributed by atoms with Gasteiger partial charge >= 0.3 is 0 Å². The van der Waals surface area contributed by atoms with E-state index in [2.05, 4.69) is 5.32 Å². The van der Waals surface area contributed by atoms with E-state index >= 15 is 0 Å². The Kier molecular flexibility index (Phi) is 10.8. The van der Waals surface area contributed by atoms with Crippen LogP contribution >= 0.6 is 46.6 Å². The molecule has 200 valence electrons. The third-order valence-electron chi connectivity index (χ3n) is 6.75. The number of hydrogen-bond acceptors (Lipinski definition) is 3. The summed E-state index contributed by atoms with van der Waals surface area (Å²) in [7, 11) is 0. The van der Waals surface area contributed by atoms with E-state index < -0.39 is 6.04 Å². The maximum Gasteiger partial charge on any atom is 0.243 e. The second-order valence-corrected chi connectivity index (χ2v) is 11.8. The van der Waals surface area contributed by atoms with Crippen molar-refractivity contribution < 1.29 is 9.59 Å². The number of carbonyl (C=O) groups excluding carboxylic acids is 2. The Balaban J connectivity index is 1.60. The minimum Gasteiger partial charge on any atom is -0.352 e. The van der Waals surface area contributed by atoms with E-state index in [1.807, 2.05) is 54.6 Å². The first-order valence-electron chi connectivity index (χ1n) is 12.8. The average molecular weight is 590 g/mol. The predicted molar refractivity (Wildman–Crippen MR) is 159 cm³/mol. The fourth-order valence-electron chi connectivity index (χ4n) is 4.74. The normalized spacial score (nSPS) is 14.3.